The molecule has 0 saturated carbocycles. The van der Waals surface area contributed by atoms with Gasteiger partial charge in [-0.2, -0.15) is 0 Å². The van der Waals surface area contributed by atoms with E-state index in [1.54, 1.807) is 0 Å². The first-order valence-electron chi connectivity index (χ1n) is 6.00. The van der Waals surface area contributed by atoms with E-state index in [9.17, 15) is 4.79 Å². The molecule has 0 bridgehead atoms. The lowest BCUT2D eigenvalue weighted by molar-refractivity contribution is 0.102. The number of fused-ring (bicyclic) bond motifs is 1. The van der Waals surface area contributed by atoms with Crippen molar-refractivity contribution in [2.75, 3.05) is 5.32 Å². The number of anilines is 1. The van der Waals surface area contributed by atoms with Gasteiger partial charge in [-0.15, -0.1) is 0 Å². The average Bonchev–Trinajstić information content (AvgIpc) is 2.48. The molecule has 1 aromatic heterocycles. The van der Waals surface area contributed by atoms with Crippen molar-refractivity contribution >= 4 is 34.0 Å². The molecule has 0 aliphatic rings. The number of nitrogens with zero attached hydrogens (tertiary/aromatic N) is 2. The molecule has 98 valence electrons. The number of hydrogen-bond acceptors (Lipinski definition) is 3. The minimum atomic E-state index is -0.315. The van der Waals surface area contributed by atoms with Gasteiger partial charge in [0.1, 0.15) is 10.8 Å². The Balaban J connectivity index is 1.85. The third-order valence-electron chi connectivity index (χ3n) is 2.86. The highest BCUT2D eigenvalue weighted by Gasteiger charge is 2.08. The minimum Gasteiger partial charge on any atom is -0.321 e. The number of hydrogen-bond donors (Lipinski definition) is 1. The molecule has 3 aromatic rings. The average molecular weight is 284 g/mol. The Morgan fingerprint density at radius 1 is 1.00 bits per heavy atom. The monoisotopic (exact) mass is 283 g/mol. The summed E-state index contributed by atoms with van der Waals surface area (Å²) in [4.78, 5) is 19.8. The molecule has 0 atom stereocenters. The quantitative estimate of drug-likeness (QED) is 0.783. The third-order valence-corrected chi connectivity index (χ3v) is 3.06. The summed E-state index contributed by atoms with van der Waals surface area (Å²) in [7, 11) is 0. The fourth-order valence-corrected chi connectivity index (χ4v) is 1.99. The number of nitrogens with one attached hydrogen (secondary N) is 1. The van der Waals surface area contributed by atoms with Gasteiger partial charge in [-0.25, -0.2) is 9.97 Å². The van der Waals surface area contributed by atoms with Crippen LogP contribution in [0.5, 0.6) is 0 Å². The molecule has 2 aromatic carbocycles. The normalized spacial score (nSPS) is 10.4. The Hall–Kier alpha value is -2.46. The van der Waals surface area contributed by atoms with Crippen molar-refractivity contribution in [2.24, 2.45) is 0 Å². The number of halogens is 1. The van der Waals surface area contributed by atoms with Crippen molar-refractivity contribution in [3.8, 4) is 0 Å². The molecule has 0 spiro atoms. The van der Waals surface area contributed by atoms with E-state index in [4.69, 9.17) is 11.6 Å². The summed E-state index contributed by atoms with van der Waals surface area (Å²) in [5, 5.41) is 5.23. The Morgan fingerprint density at radius 3 is 2.55 bits per heavy atom. The predicted octanol–water partition coefficient (Wildman–Crippen LogP) is 3.54. The van der Waals surface area contributed by atoms with E-state index >= 15 is 0 Å². The second-order valence-corrected chi connectivity index (χ2v) is 4.63. The zero-order chi connectivity index (χ0) is 13.9. The van der Waals surface area contributed by atoms with Crippen LogP contribution in [0.15, 0.2) is 54.9 Å². The molecule has 1 heterocycles. The Bertz CT molecular complexity index is 771. The van der Waals surface area contributed by atoms with E-state index in [1.165, 1.54) is 12.4 Å². The molecule has 5 heteroatoms. The first kappa shape index (κ1) is 12.6. The Kier molecular flexibility index (Phi) is 3.31. The summed E-state index contributed by atoms with van der Waals surface area (Å²) in [6.07, 6.45) is 2.69. The van der Waals surface area contributed by atoms with Gasteiger partial charge < -0.3 is 5.32 Å². The Morgan fingerprint density at radius 2 is 1.80 bits per heavy atom. The van der Waals surface area contributed by atoms with Gasteiger partial charge in [0.05, 0.1) is 12.4 Å². The van der Waals surface area contributed by atoms with E-state index in [0.717, 1.165) is 10.8 Å². The lowest BCUT2D eigenvalue weighted by atomic mass is 10.1. The van der Waals surface area contributed by atoms with Gasteiger partial charge in [0, 0.05) is 5.69 Å². The van der Waals surface area contributed by atoms with Crippen LogP contribution in [0.25, 0.3) is 10.8 Å². The summed E-state index contributed by atoms with van der Waals surface area (Å²) in [6, 6.07) is 13.7. The maximum Gasteiger partial charge on any atom is 0.275 e. The molecule has 1 N–H and O–H groups in total. The summed E-state index contributed by atoms with van der Waals surface area (Å²) in [5.41, 5.74) is 0.938. The molecule has 0 aliphatic carbocycles. The molecule has 0 radical (unpaired) electrons. The van der Waals surface area contributed by atoms with E-state index in [-0.39, 0.29) is 16.8 Å². The second kappa shape index (κ2) is 5.27. The van der Waals surface area contributed by atoms with Crippen LogP contribution in [-0.4, -0.2) is 15.9 Å². The smallest absolute Gasteiger partial charge is 0.275 e. The standard InChI is InChI=1S/C15H10ClN3O/c16-14-9-17-13(8-18-14)15(20)19-12-6-5-10-3-1-2-4-11(10)7-12/h1-9H,(H,19,20). The second-order valence-electron chi connectivity index (χ2n) is 4.24. The highest BCUT2D eigenvalue weighted by molar-refractivity contribution is 6.29. The van der Waals surface area contributed by atoms with Crippen LogP contribution in [-0.2, 0) is 0 Å². The van der Waals surface area contributed by atoms with Gasteiger partial charge >= 0.3 is 0 Å². The van der Waals surface area contributed by atoms with Crippen LogP contribution in [0, 0.1) is 0 Å². The first-order valence-corrected chi connectivity index (χ1v) is 6.38. The summed E-state index contributed by atoms with van der Waals surface area (Å²) >= 11 is 5.64. The molecular weight excluding hydrogens is 274 g/mol. The van der Waals surface area contributed by atoms with Crippen molar-refractivity contribution in [2.45, 2.75) is 0 Å². The van der Waals surface area contributed by atoms with Crippen molar-refractivity contribution in [1.82, 2.24) is 9.97 Å². The fourth-order valence-electron chi connectivity index (χ4n) is 1.89. The topological polar surface area (TPSA) is 54.9 Å². The van der Waals surface area contributed by atoms with Crippen LogP contribution < -0.4 is 5.32 Å². The molecule has 1 amide bonds. The van der Waals surface area contributed by atoms with E-state index in [0.29, 0.717) is 5.69 Å². The number of carbonyl (C=O) groups is 1. The van der Waals surface area contributed by atoms with Crippen molar-refractivity contribution in [3.05, 3.63) is 65.7 Å². The molecule has 0 unspecified atom stereocenters. The zero-order valence-electron chi connectivity index (χ0n) is 10.4. The molecule has 3 rings (SSSR count). The maximum absolute atomic E-state index is 12.0. The van der Waals surface area contributed by atoms with Crippen molar-refractivity contribution in [1.29, 1.82) is 0 Å². The minimum absolute atomic E-state index is 0.225. The first-order chi connectivity index (χ1) is 9.72. The lowest BCUT2D eigenvalue weighted by Crippen LogP contribution is -2.13. The fraction of sp³-hybridized carbons (Fsp3) is 0. The van der Waals surface area contributed by atoms with Gasteiger partial charge in [-0.05, 0) is 22.9 Å². The highest BCUT2D eigenvalue weighted by Crippen LogP contribution is 2.19. The van der Waals surface area contributed by atoms with Gasteiger partial charge in [-0.3, -0.25) is 4.79 Å². The number of benzene rings is 2. The van der Waals surface area contributed by atoms with Crippen LogP contribution in [0.2, 0.25) is 5.15 Å². The van der Waals surface area contributed by atoms with Gasteiger partial charge in [-0.1, -0.05) is 41.9 Å². The predicted molar refractivity (Wildman–Crippen MR) is 78.9 cm³/mol. The van der Waals surface area contributed by atoms with E-state index in [1.807, 2.05) is 42.5 Å². The molecule has 0 aliphatic heterocycles. The van der Waals surface area contributed by atoms with Crippen LogP contribution in [0.3, 0.4) is 0 Å². The van der Waals surface area contributed by atoms with Crippen LogP contribution >= 0.6 is 11.6 Å². The molecule has 0 saturated heterocycles. The molecule has 0 fully saturated rings. The largest absolute Gasteiger partial charge is 0.321 e. The molecular formula is C15H10ClN3O. The summed E-state index contributed by atoms with van der Waals surface area (Å²) in [6.45, 7) is 0. The maximum atomic E-state index is 12.0. The SMILES string of the molecule is O=C(Nc1ccc2ccccc2c1)c1cnc(Cl)cn1. The highest BCUT2D eigenvalue weighted by atomic mass is 35.5. The van der Waals surface area contributed by atoms with E-state index < -0.39 is 0 Å². The number of amides is 1. The number of rotatable bonds is 2. The van der Waals surface area contributed by atoms with Crippen molar-refractivity contribution < 1.29 is 4.79 Å². The van der Waals surface area contributed by atoms with Crippen molar-refractivity contribution in [3.63, 3.8) is 0 Å². The van der Waals surface area contributed by atoms with Crippen LogP contribution in [0.4, 0.5) is 5.69 Å². The molecule has 4 nitrogen and oxygen atoms in total. The number of carbonyl (C=O) groups excluding carboxylic acids is 1. The summed E-state index contributed by atoms with van der Waals surface area (Å²) < 4.78 is 0. The summed E-state index contributed by atoms with van der Waals surface area (Å²) in [5.74, 6) is -0.315. The van der Waals surface area contributed by atoms with Crippen LogP contribution in [0.1, 0.15) is 10.5 Å². The molecule has 20 heavy (non-hydrogen) atoms. The van der Waals surface area contributed by atoms with Gasteiger partial charge in [0.15, 0.2) is 0 Å². The van der Waals surface area contributed by atoms with E-state index in [2.05, 4.69) is 15.3 Å². The number of aromatic nitrogens is 2. The van der Waals surface area contributed by atoms with Gasteiger partial charge in [0.25, 0.3) is 5.91 Å². The lowest BCUT2D eigenvalue weighted by Gasteiger charge is -2.06. The Labute approximate surface area is 120 Å². The zero-order valence-corrected chi connectivity index (χ0v) is 11.1. The van der Waals surface area contributed by atoms with Gasteiger partial charge in [0.2, 0.25) is 0 Å². The third kappa shape index (κ3) is 2.60.